The third-order valence-electron chi connectivity index (χ3n) is 1.74. The number of nitrogens with one attached hydrogen (secondary N) is 1. The van der Waals surface area contributed by atoms with Crippen LogP contribution in [-0.4, -0.2) is 11.0 Å². The van der Waals surface area contributed by atoms with E-state index < -0.39 is 11.6 Å². The first-order valence-corrected chi connectivity index (χ1v) is 4.30. The van der Waals surface area contributed by atoms with E-state index in [1.165, 1.54) is 12.1 Å². The second-order valence-electron chi connectivity index (χ2n) is 3.31. The van der Waals surface area contributed by atoms with Crippen LogP contribution in [0.15, 0.2) is 18.2 Å². The fourth-order valence-electron chi connectivity index (χ4n) is 0.871. The molecule has 0 aliphatic rings. The number of phenolic OH excluding ortho intramolecular Hbond substituents is 1. The molecule has 4 heteroatoms. The second kappa shape index (κ2) is 4.09. The number of amides is 1. The zero-order valence-electron chi connectivity index (χ0n) is 8.04. The Morgan fingerprint density at radius 1 is 1.50 bits per heavy atom. The first-order valence-electron chi connectivity index (χ1n) is 4.30. The van der Waals surface area contributed by atoms with E-state index in [0.717, 1.165) is 6.07 Å². The molecule has 0 radical (unpaired) electrons. The lowest BCUT2D eigenvalue weighted by molar-refractivity contribution is -0.118. The number of anilines is 1. The number of hydrogen-bond acceptors (Lipinski definition) is 2. The highest BCUT2D eigenvalue weighted by atomic mass is 19.1. The Morgan fingerprint density at radius 2 is 2.14 bits per heavy atom. The quantitative estimate of drug-likeness (QED) is 0.713. The number of halogens is 1. The average Bonchev–Trinajstić information content (AvgIpc) is 2.11. The van der Waals surface area contributed by atoms with Crippen molar-refractivity contribution in [3.05, 3.63) is 24.0 Å². The molecule has 1 rings (SSSR count). The van der Waals surface area contributed by atoms with Gasteiger partial charge in [-0.25, -0.2) is 4.39 Å². The number of carbonyl (C=O) groups excluding carboxylic acids is 1. The van der Waals surface area contributed by atoms with Crippen LogP contribution in [0, 0.1) is 11.7 Å². The van der Waals surface area contributed by atoms with Gasteiger partial charge in [-0.1, -0.05) is 13.8 Å². The maximum Gasteiger partial charge on any atom is 0.226 e. The van der Waals surface area contributed by atoms with E-state index >= 15 is 0 Å². The monoisotopic (exact) mass is 197 g/mol. The van der Waals surface area contributed by atoms with Gasteiger partial charge in [-0.2, -0.15) is 0 Å². The number of carbonyl (C=O) groups is 1. The van der Waals surface area contributed by atoms with Gasteiger partial charge in [-0.15, -0.1) is 0 Å². The minimum Gasteiger partial charge on any atom is -0.505 e. The molecule has 0 aromatic heterocycles. The second-order valence-corrected chi connectivity index (χ2v) is 3.31. The van der Waals surface area contributed by atoms with Gasteiger partial charge in [0.25, 0.3) is 0 Å². The van der Waals surface area contributed by atoms with E-state index in [2.05, 4.69) is 5.32 Å². The van der Waals surface area contributed by atoms with E-state index in [9.17, 15) is 9.18 Å². The summed E-state index contributed by atoms with van der Waals surface area (Å²) in [5, 5.41) is 11.4. The van der Waals surface area contributed by atoms with Crippen molar-refractivity contribution in [3.63, 3.8) is 0 Å². The van der Waals surface area contributed by atoms with Crippen LogP contribution in [-0.2, 0) is 4.79 Å². The molecule has 0 fully saturated rings. The molecule has 0 unspecified atom stereocenters. The molecular weight excluding hydrogens is 185 g/mol. The van der Waals surface area contributed by atoms with Gasteiger partial charge in [0.2, 0.25) is 5.91 Å². The first-order chi connectivity index (χ1) is 6.50. The zero-order valence-corrected chi connectivity index (χ0v) is 8.04. The minimum absolute atomic E-state index is 0.160. The fourth-order valence-corrected chi connectivity index (χ4v) is 0.871. The van der Waals surface area contributed by atoms with E-state index in [1.807, 2.05) is 0 Å². The molecule has 1 aromatic carbocycles. The Labute approximate surface area is 81.6 Å². The number of rotatable bonds is 2. The van der Waals surface area contributed by atoms with E-state index in [1.54, 1.807) is 13.8 Å². The summed E-state index contributed by atoms with van der Waals surface area (Å²) < 4.78 is 12.8. The molecule has 14 heavy (non-hydrogen) atoms. The van der Waals surface area contributed by atoms with Gasteiger partial charge in [-0.3, -0.25) is 4.79 Å². The zero-order chi connectivity index (χ0) is 10.7. The summed E-state index contributed by atoms with van der Waals surface area (Å²) in [5.74, 6) is -1.51. The van der Waals surface area contributed by atoms with Crippen molar-refractivity contribution in [2.45, 2.75) is 13.8 Å². The molecule has 2 N–H and O–H groups in total. The normalized spacial score (nSPS) is 10.3. The molecule has 1 amide bonds. The predicted octanol–water partition coefficient (Wildman–Crippen LogP) is 2.13. The molecule has 0 saturated carbocycles. The summed E-state index contributed by atoms with van der Waals surface area (Å²) >= 11 is 0. The van der Waals surface area contributed by atoms with E-state index in [4.69, 9.17) is 5.11 Å². The third kappa shape index (κ3) is 2.45. The van der Waals surface area contributed by atoms with E-state index in [-0.39, 0.29) is 11.8 Å². The highest BCUT2D eigenvalue weighted by Crippen LogP contribution is 2.19. The lowest BCUT2D eigenvalue weighted by Gasteiger charge is -2.07. The summed E-state index contributed by atoms with van der Waals surface area (Å²) in [5.41, 5.74) is 0.346. The molecule has 0 aliphatic carbocycles. The highest BCUT2D eigenvalue weighted by Gasteiger charge is 2.08. The van der Waals surface area contributed by atoms with Crippen molar-refractivity contribution < 1.29 is 14.3 Å². The summed E-state index contributed by atoms with van der Waals surface area (Å²) in [4.78, 5) is 11.2. The Morgan fingerprint density at radius 3 is 2.64 bits per heavy atom. The maximum atomic E-state index is 12.8. The van der Waals surface area contributed by atoms with Crippen molar-refractivity contribution in [3.8, 4) is 5.75 Å². The van der Waals surface area contributed by atoms with Gasteiger partial charge in [-0.05, 0) is 12.1 Å². The molecule has 0 atom stereocenters. The predicted molar refractivity (Wildman–Crippen MR) is 51.5 cm³/mol. The molecule has 0 bridgehead atoms. The summed E-state index contributed by atoms with van der Waals surface area (Å²) in [7, 11) is 0. The molecule has 76 valence electrons. The minimum atomic E-state index is -0.744. The lowest BCUT2D eigenvalue weighted by atomic mass is 10.2. The SMILES string of the molecule is CC(C)C(=O)Nc1ccc(O)c(F)c1. The molecular formula is C10H12FNO2. The van der Waals surface area contributed by atoms with Gasteiger partial charge in [0.1, 0.15) is 0 Å². The lowest BCUT2D eigenvalue weighted by Crippen LogP contribution is -2.17. The molecule has 0 spiro atoms. The van der Waals surface area contributed by atoms with Crippen molar-refractivity contribution in [2.24, 2.45) is 5.92 Å². The molecule has 0 aliphatic heterocycles. The fraction of sp³-hybridized carbons (Fsp3) is 0.300. The third-order valence-corrected chi connectivity index (χ3v) is 1.74. The average molecular weight is 197 g/mol. The number of aromatic hydroxyl groups is 1. The Kier molecular flexibility index (Phi) is 3.06. The van der Waals surface area contributed by atoms with Crippen LogP contribution in [0.25, 0.3) is 0 Å². The summed E-state index contributed by atoms with van der Waals surface area (Å²) in [6.45, 7) is 3.48. The Balaban J connectivity index is 2.78. The van der Waals surface area contributed by atoms with Gasteiger partial charge in [0, 0.05) is 17.7 Å². The summed E-state index contributed by atoms with van der Waals surface area (Å²) in [6.07, 6.45) is 0. The summed E-state index contributed by atoms with van der Waals surface area (Å²) in [6, 6.07) is 3.72. The topological polar surface area (TPSA) is 49.3 Å². The van der Waals surface area contributed by atoms with Crippen molar-refractivity contribution in [1.29, 1.82) is 0 Å². The van der Waals surface area contributed by atoms with Crippen molar-refractivity contribution >= 4 is 11.6 Å². The number of benzene rings is 1. The largest absolute Gasteiger partial charge is 0.505 e. The maximum absolute atomic E-state index is 12.8. The van der Waals surface area contributed by atoms with Crippen LogP contribution in [0.5, 0.6) is 5.75 Å². The first kappa shape index (κ1) is 10.5. The van der Waals surface area contributed by atoms with Gasteiger partial charge in [0.15, 0.2) is 11.6 Å². The highest BCUT2D eigenvalue weighted by molar-refractivity contribution is 5.92. The van der Waals surface area contributed by atoms with Gasteiger partial charge < -0.3 is 10.4 Å². The van der Waals surface area contributed by atoms with Gasteiger partial charge >= 0.3 is 0 Å². The van der Waals surface area contributed by atoms with E-state index in [0.29, 0.717) is 5.69 Å². The Bertz CT molecular complexity index is 350. The molecule has 1 aromatic rings. The van der Waals surface area contributed by atoms with Crippen LogP contribution in [0.1, 0.15) is 13.8 Å². The molecule has 3 nitrogen and oxygen atoms in total. The smallest absolute Gasteiger partial charge is 0.226 e. The molecule has 0 heterocycles. The van der Waals surface area contributed by atoms with Crippen LogP contribution in [0.2, 0.25) is 0 Å². The standard InChI is InChI=1S/C10H12FNO2/c1-6(2)10(14)12-7-3-4-9(13)8(11)5-7/h3-6,13H,1-2H3,(H,12,14). The number of phenols is 1. The van der Waals surface area contributed by atoms with Crippen molar-refractivity contribution in [1.82, 2.24) is 0 Å². The van der Waals surface area contributed by atoms with Crippen LogP contribution in [0.4, 0.5) is 10.1 Å². The van der Waals surface area contributed by atoms with Crippen molar-refractivity contribution in [2.75, 3.05) is 5.32 Å². The van der Waals surface area contributed by atoms with Crippen LogP contribution < -0.4 is 5.32 Å². The van der Waals surface area contributed by atoms with Crippen LogP contribution >= 0.6 is 0 Å². The van der Waals surface area contributed by atoms with Crippen LogP contribution in [0.3, 0.4) is 0 Å². The number of hydrogen-bond donors (Lipinski definition) is 2. The molecule has 0 saturated heterocycles. The Hall–Kier alpha value is -1.58. The van der Waals surface area contributed by atoms with Gasteiger partial charge in [0.05, 0.1) is 0 Å².